The summed E-state index contributed by atoms with van der Waals surface area (Å²) in [6.07, 6.45) is 3.79. The van der Waals surface area contributed by atoms with Crippen LogP contribution in [0.25, 0.3) is 0 Å². The van der Waals surface area contributed by atoms with Gasteiger partial charge in [0.25, 0.3) is 0 Å². The summed E-state index contributed by atoms with van der Waals surface area (Å²) in [5, 5.41) is 3.55. The van der Waals surface area contributed by atoms with E-state index < -0.39 is 0 Å². The molecule has 0 saturated heterocycles. The first kappa shape index (κ1) is 17.2. The molecule has 0 radical (unpaired) electrons. The third-order valence-corrected chi connectivity index (χ3v) is 3.48. The smallest absolute Gasteiger partial charge is 0.0518 e. The van der Waals surface area contributed by atoms with Crippen molar-refractivity contribution in [1.82, 2.24) is 5.32 Å². The molecule has 0 fully saturated rings. The number of benzene rings is 1. The molecule has 0 heterocycles. The first-order valence-electron chi connectivity index (χ1n) is 7.99. The number of hydrogen-bond donors (Lipinski definition) is 1. The van der Waals surface area contributed by atoms with Crippen LogP contribution in [-0.4, -0.2) is 25.8 Å². The van der Waals surface area contributed by atoms with Crippen LogP contribution >= 0.6 is 0 Å². The van der Waals surface area contributed by atoms with E-state index in [1.54, 1.807) is 0 Å². The van der Waals surface area contributed by atoms with Crippen LogP contribution in [0.2, 0.25) is 0 Å². The van der Waals surface area contributed by atoms with E-state index in [0.717, 1.165) is 32.5 Å². The summed E-state index contributed by atoms with van der Waals surface area (Å²) in [5.74, 6) is 0.656. The van der Waals surface area contributed by atoms with Gasteiger partial charge in [0, 0.05) is 6.61 Å². The molecule has 1 aromatic rings. The van der Waals surface area contributed by atoms with E-state index in [1.807, 2.05) is 0 Å². The predicted octanol–water partition coefficient (Wildman–Crippen LogP) is 3.97. The Bertz CT molecular complexity index is 345. The molecule has 1 rings (SSSR count). The van der Waals surface area contributed by atoms with Crippen LogP contribution in [-0.2, 0) is 11.2 Å². The molecule has 1 N–H and O–H groups in total. The van der Waals surface area contributed by atoms with Crippen molar-refractivity contribution >= 4 is 0 Å². The van der Waals surface area contributed by atoms with E-state index in [0.29, 0.717) is 12.0 Å². The minimum absolute atomic E-state index is 0.332. The average Bonchev–Trinajstić information content (AvgIpc) is 2.41. The second-order valence-corrected chi connectivity index (χ2v) is 5.97. The van der Waals surface area contributed by atoms with Crippen molar-refractivity contribution < 1.29 is 4.74 Å². The molecule has 0 saturated carbocycles. The fourth-order valence-electron chi connectivity index (χ4n) is 2.29. The topological polar surface area (TPSA) is 21.3 Å². The van der Waals surface area contributed by atoms with Crippen molar-refractivity contribution in [3.63, 3.8) is 0 Å². The summed E-state index contributed by atoms with van der Waals surface area (Å²) in [6.45, 7) is 11.6. The van der Waals surface area contributed by atoms with E-state index in [4.69, 9.17) is 4.74 Å². The highest BCUT2D eigenvalue weighted by Crippen LogP contribution is 2.13. The zero-order valence-electron chi connectivity index (χ0n) is 13.6. The van der Waals surface area contributed by atoms with Gasteiger partial charge in [0.1, 0.15) is 0 Å². The highest BCUT2D eigenvalue weighted by Gasteiger charge is 2.10. The van der Waals surface area contributed by atoms with Crippen molar-refractivity contribution in [2.45, 2.75) is 53.1 Å². The third kappa shape index (κ3) is 7.66. The molecule has 0 aliphatic rings. The van der Waals surface area contributed by atoms with Crippen molar-refractivity contribution in [1.29, 1.82) is 0 Å². The minimum Gasteiger partial charge on any atom is -0.379 e. The number of rotatable bonds is 10. The zero-order chi connectivity index (χ0) is 14.8. The molecule has 0 aliphatic carbocycles. The van der Waals surface area contributed by atoms with Crippen LogP contribution < -0.4 is 5.32 Å². The van der Waals surface area contributed by atoms with Crippen LogP contribution in [0.15, 0.2) is 24.3 Å². The largest absolute Gasteiger partial charge is 0.379 e. The van der Waals surface area contributed by atoms with Gasteiger partial charge < -0.3 is 10.1 Å². The molecule has 1 atom stereocenters. The summed E-state index contributed by atoms with van der Waals surface area (Å²) in [7, 11) is 0. The standard InChI is InChI=1S/C18H31NO/c1-5-11-19-14-18(10-12-20-15(2)3)13-17-8-6-16(4)7-9-17/h6-9,15,18-19H,5,10-14H2,1-4H3. The van der Waals surface area contributed by atoms with Gasteiger partial charge in [-0.05, 0) is 64.6 Å². The first-order chi connectivity index (χ1) is 9.61. The molecule has 2 heteroatoms. The molecular formula is C18H31NO. The maximum Gasteiger partial charge on any atom is 0.0518 e. The fraction of sp³-hybridized carbons (Fsp3) is 0.667. The molecule has 2 nitrogen and oxygen atoms in total. The lowest BCUT2D eigenvalue weighted by atomic mass is 9.95. The van der Waals surface area contributed by atoms with Gasteiger partial charge in [-0.2, -0.15) is 0 Å². The monoisotopic (exact) mass is 277 g/mol. The molecule has 1 unspecified atom stereocenters. The van der Waals surface area contributed by atoms with Gasteiger partial charge in [-0.25, -0.2) is 0 Å². The lowest BCUT2D eigenvalue weighted by molar-refractivity contribution is 0.0683. The zero-order valence-corrected chi connectivity index (χ0v) is 13.6. The Morgan fingerprint density at radius 2 is 1.85 bits per heavy atom. The van der Waals surface area contributed by atoms with Gasteiger partial charge in [-0.1, -0.05) is 36.8 Å². The maximum atomic E-state index is 5.71. The molecule has 0 spiro atoms. The summed E-state index contributed by atoms with van der Waals surface area (Å²) in [6, 6.07) is 8.92. The molecule has 0 aromatic heterocycles. The summed E-state index contributed by atoms with van der Waals surface area (Å²) in [4.78, 5) is 0. The van der Waals surface area contributed by atoms with E-state index in [9.17, 15) is 0 Å². The highest BCUT2D eigenvalue weighted by molar-refractivity contribution is 5.21. The Hall–Kier alpha value is -0.860. The Labute approximate surface area is 124 Å². The summed E-state index contributed by atoms with van der Waals surface area (Å²) < 4.78 is 5.71. The van der Waals surface area contributed by atoms with E-state index >= 15 is 0 Å². The van der Waals surface area contributed by atoms with E-state index in [2.05, 4.69) is 57.3 Å². The normalized spacial score (nSPS) is 12.8. The van der Waals surface area contributed by atoms with Crippen molar-refractivity contribution in [2.24, 2.45) is 5.92 Å². The molecule has 114 valence electrons. The van der Waals surface area contributed by atoms with Gasteiger partial charge in [-0.15, -0.1) is 0 Å². The number of aryl methyl sites for hydroxylation is 1. The minimum atomic E-state index is 0.332. The van der Waals surface area contributed by atoms with Crippen molar-refractivity contribution in [3.05, 3.63) is 35.4 Å². The van der Waals surface area contributed by atoms with Crippen LogP contribution in [0.3, 0.4) is 0 Å². The van der Waals surface area contributed by atoms with Crippen molar-refractivity contribution in [2.75, 3.05) is 19.7 Å². The molecule has 0 bridgehead atoms. The Morgan fingerprint density at radius 3 is 2.45 bits per heavy atom. The van der Waals surface area contributed by atoms with Crippen molar-refractivity contribution in [3.8, 4) is 0 Å². The van der Waals surface area contributed by atoms with E-state index in [1.165, 1.54) is 17.5 Å². The predicted molar refractivity (Wildman–Crippen MR) is 87.2 cm³/mol. The Balaban J connectivity index is 2.45. The average molecular weight is 277 g/mol. The molecule has 0 amide bonds. The lowest BCUT2D eigenvalue weighted by Gasteiger charge is -2.19. The van der Waals surface area contributed by atoms with Crippen LogP contribution in [0.4, 0.5) is 0 Å². The van der Waals surface area contributed by atoms with Gasteiger partial charge >= 0.3 is 0 Å². The van der Waals surface area contributed by atoms with Gasteiger partial charge in [0.2, 0.25) is 0 Å². The Kier molecular flexibility index (Phi) is 8.56. The molecule has 0 aliphatic heterocycles. The summed E-state index contributed by atoms with van der Waals surface area (Å²) in [5.41, 5.74) is 2.76. The van der Waals surface area contributed by atoms with Gasteiger partial charge in [0.15, 0.2) is 0 Å². The van der Waals surface area contributed by atoms with Crippen LogP contribution in [0.5, 0.6) is 0 Å². The second-order valence-electron chi connectivity index (χ2n) is 5.97. The van der Waals surface area contributed by atoms with E-state index in [-0.39, 0.29) is 0 Å². The SMILES string of the molecule is CCCNCC(CCOC(C)C)Cc1ccc(C)cc1. The third-order valence-electron chi connectivity index (χ3n) is 3.48. The van der Waals surface area contributed by atoms with Crippen LogP contribution in [0, 0.1) is 12.8 Å². The maximum absolute atomic E-state index is 5.71. The first-order valence-corrected chi connectivity index (χ1v) is 7.99. The Morgan fingerprint density at radius 1 is 1.15 bits per heavy atom. The quantitative estimate of drug-likeness (QED) is 0.653. The van der Waals surface area contributed by atoms with Gasteiger partial charge in [0.05, 0.1) is 6.10 Å². The molecular weight excluding hydrogens is 246 g/mol. The molecule has 1 aromatic carbocycles. The van der Waals surface area contributed by atoms with Crippen LogP contribution in [0.1, 0.15) is 44.7 Å². The second kappa shape index (κ2) is 9.95. The number of nitrogens with one attached hydrogen (secondary N) is 1. The number of ether oxygens (including phenoxy) is 1. The number of hydrogen-bond acceptors (Lipinski definition) is 2. The fourth-order valence-corrected chi connectivity index (χ4v) is 2.29. The van der Waals surface area contributed by atoms with Gasteiger partial charge in [-0.3, -0.25) is 0 Å². The highest BCUT2D eigenvalue weighted by atomic mass is 16.5. The molecule has 20 heavy (non-hydrogen) atoms. The lowest BCUT2D eigenvalue weighted by Crippen LogP contribution is -2.26. The summed E-state index contributed by atoms with van der Waals surface area (Å²) >= 11 is 0.